The molecule has 0 fully saturated rings. The van der Waals surface area contributed by atoms with Gasteiger partial charge in [0.1, 0.15) is 5.75 Å². The number of hydrogen-bond donors (Lipinski definition) is 1. The zero-order valence-electron chi connectivity index (χ0n) is 12.9. The Morgan fingerprint density at radius 2 is 1.73 bits per heavy atom. The van der Waals surface area contributed by atoms with Crippen molar-refractivity contribution in [2.24, 2.45) is 0 Å². The molecule has 0 aliphatic rings. The summed E-state index contributed by atoms with van der Waals surface area (Å²) in [6, 6.07) is 17.4. The lowest BCUT2D eigenvalue weighted by molar-refractivity contribution is -0.142. The van der Waals surface area contributed by atoms with Gasteiger partial charge < -0.3 is 14.8 Å². The molecule has 0 bridgehead atoms. The van der Waals surface area contributed by atoms with Crippen LogP contribution in [0.1, 0.15) is 17.9 Å². The number of hydrogen-bond acceptors (Lipinski definition) is 4. The zero-order valence-corrected chi connectivity index (χ0v) is 12.9. The smallest absolute Gasteiger partial charge is 0.313 e. The van der Waals surface area contributed by atoms with E-state index in [-0.39, 0.29) is 11.9 Å². The first-order valence-corrected chi connectivity index (χ1v) is 7.25. The van der Waals surface area contributed by atoms with Gasteiger partial charge in [-0.15, -0.1) is 0 Å². The van der Waals surface area contributed by atoms with Crippen molar-refractivity contribution in [2.45, 2.75) is 12.3 Å². The predicted molar refractivity (Wildman–Crippen MR) is 87.3 cm³/mol. The van der Waals surface area contributed by atoms with Crippen LogP contribution in [0.15, 0.2) is 54.6 Å². The third-order valence-electron chi connectivity index (χ3n) is 3.54. The number of carbonyl (C=O) groups is 1. The van der Waals surface area contributed by atoms with Crippen molar-refractivity contribution in [3.05, 3.63) is 60.2 Å². The van der Waals surface area contributed by atoms with Gasteiger partial charge >= 0.3 is 5.97 Å². The molecule has 0 aliphatic heterocycles. The maximum absolute atomic E-state index is 12.0. The van der Waals surface area contributed by atoms with Crippen LogP contribution in [0, 0.1) is 0 Å². The fraction of sp³-hybridized carbons (Fsp3) is 0.278. The summed E-state index contributed by atoms with van der Waals surface area (Å²) in [5.74, 6) is 0.363. The van der Waals surface area contributed by atoms with Gasteiger partial charge in [-0.05, 0) is 36.2 Å². The summed E-state index contributed by atoms with van der Waals surface area (Å²) in [6.07, 6.45) is 0.669. The number of esters is 1. The monoisotopic (exact) mass is 299 g/mol. The van der Waals surface area contributed by atoms with Gasteiger partial charge in [-0.2, -0.15) is 0 Å². The van der Waals surface area contributed by atoms with Crippen molar-refractivity contribution in [3.63, 3.8) is 0 Å². The lowest BCUT2D eigenvalue weighted by atomic mass is 9.96. The largest absolute Gasteiger partial charge is 0.497 e. The molecule has 0 saturated carbocycles. The maximum Gasteiger partial charge on any atom is 0.313 e. The lowest BCUT2D eigenvalue weighted by Gasteiger charge is -2.16. The van der Waals surface area contributed by atoms with E-state index >= 15 is 0 Å². The van der Waals surface area contributed by atoms with Gasteiger partial charge in [0.05, 0.1) is 20.1 Å². The summed E-state index contributed by atoms with van der Waals surface area (Å²) >= 11 is 0. The van der Waals surface area contributed by atoms with Crippen LogP contribution in [0.2, 0.25) is 0 Å². The molecule has 1 atom stereocenters. The number of nitrogens with one attached hydrogen (secondary N) is 1. The molecule has 0 unspecified atom stereocenters. The summed E-state index contributed by atoms with van der Waals surface area (Å²) in [4.78, 5) is 12.0. The molecule has 1 N–H and O–H groups in total. The van der Waals surface area contributed by atoms with Crippen LogP contribution in [-0.4, -0.2) is 26.7 Å². The molecule has 4 nitrogen and oxygen atoms in total. The van der Waals surface area contributed by atoms with E-state index in [1.54, 1.807) is 7.11 Å². The summed E-state index contributed by atoms with van der Waals surface area (Å²) in [5, 5.41) is 3.31. The highest BCUT2D eigenvalue weighted by Crippen LogP contribution is 2.22. The van der Waals surface area contributed by atoms with Gasteiger partial charge in [-0.3, -0.25) is 4.79 Å². The second-order valence-corrected chi connectivity index (χ2v) is 4.93. The van der Waals surface area contributed by atoms with E-state index in [1.165, 1.54) is 7.11 Å². The maximum atomic E-state index is 12.0. The van der Waals surface area contributed by atoms with E-state index in [9.17, 15) is 4.79 Å². The van der Waals surface area contributed by atoms with Crippen LogP contribution < -0.4 is 10.1 Å². The fourth-order valence-corrected chi connectivity index (χ4v) is 2.32. The van der Waals surface area contributed by atoms with Crippen LogP contribution in [0.25, 0.3) is 0 Å². The quantitative estimate of drug-likeness (QED) is 0.795. The standard InChI is InChI=1S/C18H21NO3/c1-21-16-10-8-15(9-11-16)19-13-12-17(18(20)22-2)14-6-4-3-5-7-14/h3-11,17,19H,12-13H2,1-2H3/t17-/m1/s1. The van der Waals surface area contributed by atoms with Gasteiger partial charge in [-0.25, -0.2) is 0 Å². The third-order valence-corrected chi connectivity index (χ3v) is 3.54. The van der Waals surface area contributed by atoms with Gasteiger partial charge in [0.15, 0.2) is 0 Å². The molecule has 2 aromatic rings. The number of methoxy groups -OCH3 is 2. The molecule has 0 aliphatic carbocycles. The van der Waals surface area contributed by atoms with Crippen LogP contribution in [0.3, 0.4) is 0 Å². The summed E-state index contributed by atoms with van der Waals surface area (Å²) in [6.45, 7) is 0.682. The minimum absolute atomic E-state index is 0.206. The molecule has 0 amide bonds. The number of ether oxygens (including phenoxy) is 2. The summed E-state index contributed by atoms with van der Waals surface area (Å²) < 4.78 is 10.0. The first kappa shape index (κ1) is 15.9. The van der Waals surface area contributed by atoms with Crippen molar-refractivity contribution in [2.75, 3.05) is 26.1 Å². The molecular weight excluding hydrogens is 278 g/mol. The van der Waals surface area contributed by atoms with E-state index in [0.29, 0.717) is 13.0 Å². The molecule has 0 radical (unpaired) electrons. The van der Waals surface area contributed by atoms with Crippen LogP contribution in [0.5, 0.6) is 5.75 Å². The average Bonchev–Trinajstić information content (AvgIpc) is 2.59. The normalized spacial score (nSPS) is 11.5. The second kappa shape index (κ2) is 8.08. The van der Waals surface area contributed by atoms with Crippen molar-refractivity contribution in [1.29, 1.82) is 0 Å². The number of anilines is 1. The molecule has 116 valence electrons. The SMILES string of the molecule is COC(=O)[C@H](CCNc1ccc(OC)cc1)c1ccccc1. The third kappa shape index (κ3) is 4.25. The van der Waals surface area contributed by atoms with Gasteiger partial charge in [0, 0.05) is 12.2 Å². The molecule has 22 heavy (non-hydrogen) atoms. The van der Waals surface area contributed by atoms with Crippen molar-refractivity contribution in [3.8, 4) is 5.75 Å². The molecule has 2 rings (SSSR count). The summed E-state index contributed by atoms with van der Waals surface area (Å²) in [5.41, 5.74) is 1.98. The first-order valence-electron chi connectivity index (χ1n) is 7.25. The van der Waals surface area contributed by atoms with Gasteiger partial charge in [-0.1, -0.05) is 30.3 Å². The molecular formula is C18H21NO3. The molecule has 2 aromatic carbocycles. The topological polar surface area (TPSA) is 47.6 Å². The van der Waals surface area contributed by atoms with Crippen molar-refractivity contribution >= 4 is 11.7 Å². The average molecular weight is 299 g/mol. The van der Waals surface area contributed by atoms with E-state index in [1.807, 2.05) is 54.6 Å². The Morgan fingerprint density at radius 1 is 1.05 bits per heavy atom. The Balaban J connectivity index is 1.95. The predicted octanol–water partition coefficient (Wildman–Crippen LogP) is 3.45. The fourth-order valence-electron chi connectivity index (χ4n) is 2.32. The molecule has 0 saturated heterocycles. The van der Waals surface area contributed by atoms with E-state index in [2.05, 4.69) is 5.32 Å². The van der Waals surface area contributed by atoms with Gasteiger partial charge in [0.2, 0.25) is 0 Å². The minimum Gasteiger partial charge on any atom is -0.497 e. The van der Waals surface area contributed by atoms with Crippen LogP contribution in [-0.2, 0) is 9.53 Å². The van der Waals surface area contributed by atoms with Crippen LogP contribution >= 0.6 is 0 Å². The van der Waals surface area contributed by atoms with E-state index in [4.69, 9.17) is 9.47 Å². The Labute approximate surface area is 131 Å². The minimum atomic E-state index is -0.253. The number of carbonyl (C=O) groups excluding carboxylic acids is 1. The van der Waals surface area contributed by atoms with Crippen molar-refractivity contribution in [1.82, 2.24) is 0 Å². The molecule has 0 heterocycles. The Kier molecular flexibility index (Phi) is 5.83. The number of benzene rings is 2. The highest BCUT2D eigenvalue weighted by atomic mass is 16.5. The molecule has 0 spiro atoms. The molecule has 4 heteroatoms. The zero-order chi connectivity index (χ0) is 15.8. The first-order chi connectivity index (χ1) is 10.7. The Hall–Kier alpha value is -2.49. The van der Waals surface area contributed by atoms with Crippen molar-refractivity contribution < 1.29 is 14.3 Å². The number of rotatable bonds is 7. The summed E-state index contributed by atoms with van der Waals surface area (Å²) in [7, 11) is 3.07. The highest BCUT2D eigenvalue weighted by molar-refractivity contribution is 5.78. The van der Waals surface area contributed by atoms with Gasteiger partial charge in [0.25, 0.3) is 0 Å². The highest BCUT2D eigenvalue weighted by Gasteiger charge is 2.20. The Bertz CT molecular complexity index is 581. The lowest BCUT2D eigenvalue weighted by Crippen LogP contribution is -2.18. The van der Waals surface area contributed by atoms with E-state index < -0.39 is 0 Å². The Morgan fingerprint density at radius 3 is 2.32 bits per heavy atom. The van der Waals surface area contributed by atoms with Crippen LogP contribution in [0.4, 0.5) is 5.69 Å². The second-order valence-electron chi connectivity index (χ2n) is 4.93. The molecule has 0 aromatic heterocycles. The van der Waals surface area contributed by atoms with E-state index in [0.717, 1.165) is 17.0 Å².